The monoisotopic (exact) mass is 329 g/mol. The lowest BCUT2D eigenvalue weighted by atomic mass is 10.1. The minimum Gasteiger partial charge on any atom is -0.481 e. The van der Waals surface area contributed by atoms with Gasteiger partial charge in [0.05, 0.1) is 0 Å². The molecule has 0 aliphatic carbocycles. The smallest absolute Gasteiger partial charge is 0.336 e. The quantitative estimate of drug-likeness (QED) is 0.809. The number of piperidine rings is 1. The average molecular weight is 329 g/mol. The van der Waals surface area contributed by atoms with Crippen LogP contribution < -0.4 is 10.4 Å². The van der Waals surface area contributed by atoms with E-state index in [1.54, 1.807) is 13.0 Å². The summed E-state index contributed by atoms with van der Waals surface area (Å²) in [7, 11) is 0. The molecule has 1 atom stereocenters. The lowest BCUT2D eigenvalue weighted by molar-refractivity contribution is -0.138. The first kappa shape index (κ1) is 16.6. The number of likely N-dealkylation sites (tertiary alicyclic amines) is 1. The van der Waals surface area contributed by atoms with E-state index >= 15 is 0 Å². The Morgan fingerprint density at radius 2 is 2.00 bits per heavy atom. The molecule has 1 aromatic carbocycles. The molecule has 128 valence electrons. The van der Waals surface area contributed by atoms with Crippen molar-refractivity contribution in [2.45, 2.75) is 45.6 Å². The van der Waals surface area contributed by atoms with Crippen LogP contribution in [0.3, 0.4) is 0 Å². The van der Waals surface area contributed by atoms with E-state index < -0.39 is 6.10 Å². The van der Waals surface area contributed by atoms with Gasteiger partial charge >= 0.3 is 5.63 Å². The van der Waals surface area contributed by atoms with Gasteiger partial charge in [0, 0.05) is 30.6 Å². The Balaban J connectivity index is 1.79. The number of rotatable bonds is 4. The normalized spacial score (nSPS) is 16.2. The third-order valence-electron chi connectivity index (χ3n) is 4.51. The number of hydrogen-bond donors (Lipinski definition) is 0. The van der Waals surface area contributed by atoms with Crippen LogP contribution in [0.15, 0.2) is 33.5 Å². The van der Waals surface area contributed by atoms with Crippen LogP contribution in [0, 0.1) is 0 Å². The van der Waals surface area contributed by atoms with Crippen molar-refractivity contribution in [3.63, 3.8) is 0 Å². The van der Waals surface area contributed by atoms with Crippen LogP contribution in [0.4, 0.5) is 0 Å². The zero-order valence-corrected chi connectivity index (χ0v) is 14.2. The predicted octanol–water partition coefficient (Wildman–Crippen LogP) is 3.14. The van der Waals surface area contributed by atoms with Gasteiger partial charge in [-0.15, -0.1) is 0 Å². The Morgan fingerprint density at radius 1 is 1.25 bits per heavy atom. The summed E-state index contributed by atoms with van der Waals surface area (Å²) in [5, 5.41) is 0.902. The van der Waals surface area contributed by atoms with Crippen molar-refractivity contribution >= 4 is 16.9 Å². The number of carbonyl (C=O) groups is 1. The summed E-state index contributed by atoms with van der Waals surface area (Å²) in [4.78, 5) is 26.0. The molecule has 0 N–H and O–H groups in total. The molecule has 0 bridgehead atoms. The lowest BCUT2D eigenvalue weighted by Crippen LogP contribution is -2.43. The van der Waals surface area contributed by atoms with Crippen LogP contribution >= 0.6 is 0 Å². The van der Waals surface area contributed by atoms with Gasteiger partial charge in [-0.05, 0) is 50.3 Å². The van der Waals surface area contributed by atoms with Crippen LogP contribution in [0.5, 0.6) is 5.75 Å². The van der Waals surface area contributed by atoms with E-state index in [1.807, 2.05) is 24.0 Å². The summed E-state index contributed by atoms with van der Waals surface area (Å²) in [6.07, 6.45) is 3.49. The Labute approximate surface area is 141 Å². The molecule has 1 aromatic heterocycles. The molecule has 5 heteroatoms. The Morgan fingerprint density at radius 3 is 2.71 bits per heavy atom. The molecule has 3 rings (SSSR count). The van der Waals surface area contributed by atoms with E-state index in [1.165, 1.54) is 12.5 Å². The summed E-state index contributed by atoms with van der Waals surface area (Å²) in [6.45, 7) is 5.37. The Bertz CT molecular complexity index is 790. The summed E-state index contributed by atoms with van der Waals surface area (Å²) in [6, 6.07) is 6.91. The molecule has 0 radical (unpaired) electrons. The molecule has 5 nitrogen and oxygen atoms in total. The highest BCUT2D eigenvalue weighted by Gasteiger charge is 2.23. The highest BCUT2D eigenvalue weighted by Crippen LogP contribution is 2.24. The fourth-order valence-electron chi connectivity index (χ4n) is 3.20. The van der Waals surface area contributed by atoms with Crippen molar-refractivity contribution in [1.29, 1.82) is 0 Å². The Kier molecular flexibility index (Phi) is 4.88. The number of fused-ring (bicyclic) bond motifs is 1. The fourth-order valence-corrected chi connectivity index (χ4v) is 3.20. The number of carbonyl (C=O) groups excluding carboxylic acids is 1. The second-order valence-electron chi connectivity index (χ2n) is 6.25. The van der Waals surface area contributed by atoms with E-state index in [4.69, 9.17) is 9.15 Å². The van der Waals surface area contributed by atoms with Gasteiger partial charge in [0.2, 0.25) is 0 Å². The summed E-state index contributed by atoms with van der Waals surface area (Å²) in [5.41, 5.74) is 1.08. The van der Waals surface area contributed by atoms with E-state index in [2.05, 4.69) is 0 Å². The van der Waals surface area contributed by atoms with Crippen LogP contribution in [-0.2, 0) is 11.2 Å². The zero-order chi connectivity index (χ0) is 17.1. The number of amides is 1. The molecule has 0 spiro atoms. The average Bonchev–Trinajstić information content (AvgIpc) is 2.60. The summed E-state index contributed by atoms with van der Waals surface area (Å²) in [5.74, 6) is 0.551. The molecule has 1 aliphatic rings. The van der Waals surface area contributed by atoms with Gasteiger partial charge in [0.15, 0.2) is 6.10 Å². The zero-order valence-electron chi connectivity index (χ0n) is 14.2. The van der Waals surface area contributed by atoms with Crippen LogP contribution in [-0.4, -0.2) is 30.0 Å². The molecular formula is C19H23NO4. The topological polar surface area (TPSA) is 59.8 Å². The summed E-state index contributed by atoms with van der Waals surface area (Å²) >= 11 is 0. The maximum atomic E-state index is 12.4. The Hall–Kier alpha value is -2.30. The molecular weight excluding hydrogens is 306 g/mol. The van der Waals surface area contributed by atoms with Crippen molar-refractivity contribution in [3.05, 3.63) is 40.2 Å². The molecule has 2 heterocycles. The first-order valence-corrected chi connectivity index (χ1v) is 8.60. The molecule has 0 unspecified atom stereocenters. The van der Waals surface area contributed by atoms with Gasteiger partial charge in [-0.3, -0.25) is 4.79 Å². The number of hydrogen-bond acceptors (Lipinski definition) is 4. The standard InChI is InChI=1S/C19H23NO4/c1-3-14-11-18(21)24-17-12-15(7-8-16(14)17)23-13(2)19(22)20-9-5-4-6-10-20/h7-8,11-13H,3-6,9-10H2,1-2H3/t13-/m0/s1. The van der Waals surface area contributed by atoms with Gasteiger partial charge in [-0.2, -0.15) is 0 Å². The van der Waals surface area contributed by atoms with Gasteiger partial charge in [0.25, 0.3) is 5.91 Å². The first-order chi connectivity index (χ1) is 11.6. The van der Waals surface area contributed by atoms with Gasteiger partial charge in [-0.25, -0.2) is 4.79 Å². The molecule has 24 heavy (non-hydrogen) atoms. The molecule has 1 aliphatic heterocycles. The van der Waals surface area contributed by atoms with Gasteiger partial charge in [-0.1, -0.05) is 6.92 Å². The highest BCUT2D eigenvalue weighted by atomic mass is 16.5. The maximum Gasteiger partial charge on any atom is 0.336 e. The maximum absolute atomic E-state index is 12.4. The molecule has 0 saturated carbocycles. The largest absolute Gasteiger partial charge is 0.481 e. The van der Waals surface area contributed by atoms with E-state index in [-0.39, 0.29) is 11.5 Å². The van der Waals surface area contributed by atoms with E-state index in [0.29, 0.717) is 11.3 Å². The first-order valence-electron chi connectivity index (χ1n) is 8.60. The molecule has 1 saturated heterocycles. The second-order valence-corrected chi connectivity index (χ2v) is 6.25. The van der Waals surface area contributed by atoms with Gasteiger partial charge in [0.1, 0.15) is 11.3 Å². The third kappa shape index (κ3) is 3.45. The minimum absolute atomic E-state index is 0.0126. The SMILES string of the molecule is CCc1cc(=O)oc2cc(O[C@@H](C)C(=O)N3CCCCC3)ccc12. The van der Waals surface area contributed by atoms with Crippen LogP contribution in [0.2, 0.25) is 0 Å². The van der Waals surface area contributed by atoms with E-state index in [0.717, 1.165) is 43.3 Å². The van der Waals surface area contributed by atoms with Crippen LogP contribution in [0.25, 0.3) is 11.0 Å². The van der Waals surface area contributed by atoms with Gasteiger partial charge < -0.3 is 14.1 Å². The minimum atomic E-state index is -0.554. The fraction of sp³-hybridized carbons (Fsp3) is 0.474. The number of benzene rings is 1. The van der Waals surface area contributed by atoms with Crippen molar-refractivity contribution in [2.24, 2.45) is 0 Å². The third-order valence-corrected chi connectivity index (χ3v) is 4.51. The lowest BCUT2D eigenvalue weighted by Gasteiger charge is -2.29. The van der Waals surface area contributed by atoms with Crippen molar-refractivity contribution in [2.75, 3.05) is 13.1 Å². The van der Waals surface area contributed by atoms with E-state index in [9.17, 15) is 9.59 Å². The molecule has 2 aromatic rings. The van der Waals surface area contributed by atoms with Crippen molar-refractivity contribution < 1.29 is 13.9 Å². The predicted molar refractivity (Wildman–Crippen MR) is 92.4 cm³/mol. The summed E-state index contributed by atoms with van der Waals surface area (Å²) < 4.78 is 11.1. The highest BCUT2D eigenvalue weighted by molar-refractivity contribution is 5.83. The van der Waals surface area contributed by atoms with Crippen molar-refractivity contribution in [1.82, 2.24) is 4.90 Å². The number of aryl methyl sites for hydroxylation is 1. The van der Waals surface area contributed by atoms with Crippen molar-refractivity contribution in [3.8, 4) is 5.75 Å². The molecule has 1 fully saturated rings. The second kappa shape index (κ2) is 7.07. The van der Waals surface area contributed by atoms with Crippen LogP contribution in [0.1, 0.15) is 38.7 Å². The number of ether oxygens (including phenoxy) is 1. The number of nitrogens with zero attached hydrogens (tertiary/aromatic N) is 1. The molecule has 1 amide bonds.